The number of fused-ring (bicyclic) bond motifs is 1. The minimum absolute atomic E-state index is 0.00848. The maximum atomic E-state index is 12.0. The van der Waals surface area contributed by atoms with E-state index in [1.54, 1.807) is 19.9 Å². The van der Waals surface area contributed by atoms with Gasteiger partial charge in [0, 0.05) is 5.41 Å². The quantitative estimate of drug-likeness (QED) is 0.0768. The van der Waals surface area contributed by atoms with E-state index < -0.39 is 177 Å². The van der Waals surface area contributed by atoms with Gasteiger partial charge in [0.15, 0.2) is 31.5 Å². The zero-order chi connectivity index (χ0) is 54.0. The molecule has 2 aliphatic carbocycles. The van der Waals surface area contributed by atoms with Gasteiger partial charge >= 0.3 is 0 Å². The van der Waals surface area contributed by atoms with Crippen molar-refractivity contribution in [3.05, 3.63) is 24.3 Å². The maximum Gasteiger partial charge on any atom is 0.187 e. The second-order valence-corrected chi connectivity index (χ2v) is 22.5. The lowest BCUT2D eigenvalue weighted by Gasteiger charge is -2.61. The summed E-state index contributed by atoms with van der Waals surface area (Å²) < 4.78 is 60.4. The first-order valence-corrected chi connectivity index (χ1v) is 25.8. The van der Waals surface area contributed by atoms with Gasteiger partial charge in [-0.05, 0) is 90.9 Å². The van der Waals surface area contributed by atoms with Crippen molar-refractivity contribution in [2.45, 2.75) is 260 Å². The molecule has 5 saturated heterocycles. The van der Waals surface area contributed by atoms with Gasteiger partial charge in [-0.2, -0.15) is 0 Å². The molecular weight excluding hydrogens is 969 g/mol. The highest BCUT2D eigenvalue weighted by Crippen LogP contribution is 2.63. The Bertz CT molecular complexity index is 1870. The van der Waals surface area contributed by atoms with Gasteiger partial charge in [-0.1, -0.05) is 38.5 Å². The Hall–Kier alpha value is -1.44. The molecule has 0 amide bonds. The number of hydrogen-bond donors (Lipinski definition) is 13. The van der Waals surface area contributed by atoms with Crippen molar-refractivity contribution in [1.82, 2.24) is 0 Å². The molecule has 1 saturated carbocycles. The number of ether oxygens (including phenoxy) is 10. The van der Waals surface area contributed by atoms with Crippen molar-refractivity contribution in [2.24, 2.45) is 22.7 Å². The lowest BCUT2D eigenvalue weighted by molar-refractivity contribution is -0.371. The predicted molar refractivity (Wildman–Crippen MR) is 250 cm³/mol. The van der Waals surface area contributed by atoms with E-state index in [0.717, 1.165) is 18.4 Å². The van der Waals surface area contributed by atoms with E-state index in [-0.39, 0.29) is 17.3 Å². The third-order valence-corrected chi connectivity index (χ3v) is 17.8. The van der Waals surface area contributed by atoms with Crippen LogP contribution in [-0.4, -0.2) is 238 Å². The zero-order valence-corrected chi connectivity index (χ0v) is 43.2. The summed E-state index contributed by atoms with van der Waals surface area (Å²) in [6, 6.07) is 0. The first kappa shape index (κ1) is 59.2. The van der Waals surface area contributed by atoms with Crippen LogP contribution in [0.25, 0.3) is 0 Å². The maximum absolute atomic E-state index is 12.0. The molecule has 7 aliphatic rings. The Balaban J connectivity index is 1.04. The molecule has 23 heteroatoms. The van der Waals surface area contributed by atoms with E-state index in [0.29, 0.717) is 19.3 Å². The standard InChI is InChI=1S/C50H84O23/c1-11-48(8,73-47-42(36(59)30(53)23(6)68-47)72-44-38(61)34(57)29(52)22(5)66-44)15-16-49(9)20(3)17-27(50(10)19(2)13-12-14-26(49)50)70-46-40(63)41(31(54)24(7)67-46)71-45-39(62)35(58)32(55)25(69-45)18-64-43-37(60)33(56)28(51)21(4)65-43/h11,13,20-47,51-63H,1,12,14-18H2,2-10H3. The SMILES string of the molecule is C=CC(C)(CCC1(C)C(C)CC(OC2OC(C)C(O)C(OC3OC(COC4OC(C)C(O)C(O)C4O)C(O)C(O)C3O)C2O)C2(C)C(C)=CCCC12)OC1OC(C)C(O)C(O)C1OC1OC(C)C(O)C(O)C1O. The lowest BCUT2D eigenvalue weighted by atomic mass is 9.45. The molecule has 422 valence electrons. The van der Waals surface area contributed by atoms with E-state index in [1.165, 1.54) is 13.8 Å². The summed E-state index contributed by atoms with van der Waals surface area (Å²) in [7, 11) is 0. The molecule has 31 unspecified atom stereocenters. The molecule has 0 aromatic heterocycles. The van der Waals surface area contributed by atoms with Crippen molar-refractivity contribution >= 4 is 0 Å². The van der Waals surface area contributed by atoms with Gasteiger partial charge in [-0.15, -0.1) is 6.58 Å². The molecule has 7 rings (SSSR count). The Kier molecular flexibility index (Phi) is 18.7. The molecular formula is C50H84O23. The number of aliphatic hydroxyl groups is 13. The van der Waals surface area contributed by atoms with Gasteiger partial charge in [0.25, 0.3) is 0 Å². The fraction of sp³-hybridized carbons (Fsp3) is 0.920. The summed E-state index contributed by atoms with van der Waals surface area (Å²) in [6.07, 6.45) is -30.1. The molecule has 73 heavy (non-hydrogen) atoms. The highest BCUT2D eigenvalue weighted by molar-refractivity contribution is 5.24. The van der Waals surface area contributed by atoms with Crippen molar-refractivity contribution in [1.29, 1.82) is 0 Å². The van der Waals surface area contributed by atoms with Crippen LogP contribution in [0.1, 0.15) is 94.4 Å². The molecule has 13 N–H and O–H groups in total. The summed E-state index contributed by atoms with van der Waals surface area (Å²) in [5.41, 5.74) is -1.04. The summed E-state index contributed by atoms with van der Waals surface area (Å²) in [5.74, 6) is -0.0283. The van der Waals surface area contributed by atoms with Crippen LogP contribution in [0, 0.1) is 22.7 Å². The molecule has 0 aromatic rings. The summed E-state index contributed by atoms with van der Waals surface area (Å²) in [6.45, 7) is 20.0. The third-order valence-electron chi connectivity index (χ3n) is 17.8. The fourth-order valence-corrected chi connectivity index (χ4v) is 12.2. The van der Waals surface area contributed by atoms with Crippen LogP contribution in [0.15, 0.2) is 24.3 Å². The number of rotatable bonds is 15. The van der Waals surface area contributed by atoms with Crippen molar-refractivity contribution in [3.63, 3.8) is 0 Å². The Morgan fingerprint density at radius 3 is 1.66 bits per heavy atom. The van der Waals surface area contributed by atoms with Gasteiger partial charge in [0.1, 0.15) is 97.7 Å². The first-order chi connectivity index (χ1) is 34.1. The Labute approximate surface area is 426 Å². The van der Waals surface area contributed by atoms with Crippen LogP contribution in [0.3, 0.4) is 0 Å². The fourth-order valence-electron chi connectivity index (χ4n) is 12.2. The monoisotopic (exact) mass is 1050 g/mol. The van der Waals surface area contributed by atoms with Gasteiger partial charge < -0.3 is 114 Å². The van der Waals surface area contributed by atoms with Crippen molar-refractivity contribution < 1.29 is 114 Å². The normalized spacial score (nSPS) is 53.7. The van der Waals surface area contributed by atoms with E-state index in [1.807, 2.05) is 6.92 Å². The summed E-state index contributed by atoms with van der Waals surface area (Å²) in [5, 5.41) is 140. The largest absolute Gasteiger partial charge is 0.388 e. The van der Waals surface area contributed by atoms with Crippen LogP contribution < -0.4 is 0 Å². The molecule has 31 atom stereocenters. The second-order valence-electron chi connectivity index (χ2n) is 22.5. The molecule has 0 radical (unpaired) electrons. The molecule has 6 fully saturated rings. The average molecular weight is 1050 g/mol. The highest BCUT2D eigenvalue weighted by Gasteiger charge is 2.61. The molecule has 0 bridgehead atoms. The molecule has 5 aliphatic heterocycles. The summed E-state index contributed by atoms with van der Waals surface area (Å²) >= 11 is 0. The van der Waals surface area contributed by atoms with Crippen LogP contribution >= 0.6 is 0 Å². The van der Waals surface area contributed by atoms with Crippen LogP contribution in [0.4, 0.5) is 0 Å². The summed E-state index contributed by atoms with van der Waals surface area (Å²) in [4.78, 5) is 0. The van der Waals surface area contributed by atoms with Crippen LogP contribution in [0.5, 0.6) is 0 Å². The average Bonchev–Trinajstić information content (AvgIpc) is 3.35. The van der Waals surface area contributed by atoms with Crippen molar-refractivity contribution in [3.8, 4) is 0 Å². The van der Waals surface area contributed by atoms with Crippen molar-refractivity contribution in [2.75, 3.05) is 6.61 Å². The van der Waals surface area contributed by atoms with E-state index in [2.05, 4.69) is 40.3 Å². The molecule has 23 nitrogen and oxygen atoms in total. The van der Waals surface area contributed by atoms with E-state index in [4.69, 9.17) is 47.4 Å². The number of aliphatic hydroxyl groups excluding tert-OH is 13. The Morgan fingerprint density at radius 2 is 1.07 bits per heavy atom. The predicted octanol–water partition coefficient (Wildman–Crippen LogP) is -2.30. The van der Waals surface area contributed by atoms with Gasteiger partial charge in [-0.25, -0.2) is 0 Å². The second kappa shape index (κ2) is 23.1. The Morgan fingerprint density at radius 1 is 0.589 bits per heavy atom. The minimum Gasteiger partial charge on any atom is -0.388 e. The van der Waals surface area contributed by atoms with Gasteiger partial charge in [0.05, 0.1) is 42.7 Å². The number of allylic oxidation sites excluding steroid dienone is 1. The van der Waals surface area contributed by atoms with Gasteiger partial charge in [-0.3, -0.25) is 0 Å². The van der Waals surface area contributed by atoms with Crippen LogP contribution in [-0.2, 0) is 47.4 Å². The van der Waals surface area contributed by atoms with E-state index >= 15 is 0 Å². The third kappa shape index (κ3) is 11.4. The lowest BCUT2D eigenvalue weighted by Crippen LogP contribution is -2.65. The first-order valence-electron chi connectivity index (χ1n) is 25.8. The zero-order valence-electron chi connectivity index (χ0n) is 43.2. The van der Waals surface area contributed by atoms with E-state index in [9.17, 15) is 66.4 Å². The van der Waals surface area contributed by atoms with Crippen LogP contribution in [0.2, 0.25) is 0 Å². The minimum atomic E-state index is -1.87. The smallest absolute Gasteiger partial charge is 0.187 e. The molecule has 5 heterocycles. The number of hydrogen-bond acceptors (Lipinski definition) is 23. The highest BCUT2D eigenvalue weighted by atomic mass is 16.8. The molecule has 0 spiro atoms. The van der Waals surface area contributed by atoms with Gasteiger partial charge in [0.2, 0.25) is 0 Å². The topological polar surface area (TPSA) is 355 Å². The molecule has 0 aromatic carbocycles.